The smallest absolute Gasteiger partial charge is 0.223 e. The third kappa shape index (κ3) is 3.72. The fourth-order valence-electron chi connectivity index (χ4n) is 1.44. The fourth-order valence-corrected chi connectivity index (χ4v) is 1.44. The van der Waals surface area contributed by atoms with Crippen LogP contribution < -0.4 is 5.32 Å². The van der Waals surface area contributed by atoms with E-state index in [4.69, 9.17) is 0 Å². The molecule has 86 valence electrons. The molecule has 3 heteroatoms. The van der Waals surface area contributed by atoms with Crippen molar-refractivity contribution in [2.24, 2.45) is 0 Å². The van der Waals surface area contributed by atoms with Crippen molar-refractivity contribution >= 4 is 12.0 Å². The minimum absolute atomic E-state index is 0.669. The highest BCUT2D eigenvalue weighted by Crippen LogP contribution is 2.01. The summed E-state index contributed by atoms with van der Waals surface area (Å²) in [7, 11) is 0. The molecule has 0 bridgehead atoms. The molecule has 2 rings (SSSR count). The number of nitrogens with one attached hydrogen (secondary N) is 1. The van der Waals surface area contributed by atoms with E-state index in [0.29, 0.717) is 5.95 Å². The second-order valence-corrected chi connectivity index (χ2v) is 3.72. The second-order valence-electron chi connectivity index (χ2n) is 3.72. The van der Waals surface area contributed by atoms with Gasteiger partial charge in [0, 0.05) is 18.4 Å². The Labute approximate surface area is 101 Å². The minimum Gasteiger partial charge on any atom is -0.351 e. The van der Waals surface area contributed by atoms with Gasteiger partial charge in [0.15, 0.2) is 0 Å². The van der Waals surface area contributed by atoms with Gasteiger partial charge in [-0.25, -0.2) is 9.97 Å². The van der Waals surface area contributed by atoms with Crippen LogP contribution in [0.15, 0.2) is 48.7 Å². The molecule has 0 fully saturated rings. The van der Waals surface area contributed by atoms with E-state index in [2.05, 4.69) is 39.6 Å². The van der Waals surface area contributed by atoms with Gasteiger partial charge in [0.1, 0.15) is 0 Å². The summed E-state index contributed by atoms with van der Waals surface area (Å²) in [5.74, 6) is 0.669. The van der Waals surface area contributed by atoms with Crippen molar-refractivity contribution in [2.45, 2.75) is 6.92 Å². The summed E-state index contributed by atoms with van der Waals surface area (Å²) < 4.78 is 0. The van der Waals surface area contributed by atoms with Crippen LogP contribution in [0, 0.1) is 6.92 Å². The molecule has 0 radical (unpaired) electrons. The number of aromatic nitrogens is 2. The zero-order valence-electron chi connectivity index (χ0n) is 9.80. The van der Waals surface area contributed by atoms with Gasteiger partial charge in [-0.1, -0.05) is 42.5 Å². The van der Waals surface area contributed by atoms with Crippen LogP contribution in [0.25, 0.3) is 6.08 Å². The van der Waals surface area contributed by atoms with E-state index < -0.39 is 0 Å². The SMILES string of the molecule is Cc1ccnc(NC/C=C/c2ccccc2)n1. The third-order valence-corrected chi connectivity index (χ3v) is 2.28. The Hall–Kier alpha value is -2.16. The van der Waals surface area contributed by atoms with Crippen molar-refractivity contribution in [1.82, 2.24) is 9.97 Å². The average Bonchev–Trinajstić information content (AvgIpc) is 2.36. The second kappa shape index (κ2) is 5.80. The molecule has 1 aromatic heterocycles. The van der Waals surface area contributed by atoms with E-state index in [1.54, 1.807) is 6.20 Å². The van der Waals surface area contributed by atoms with E-state index in [1.165, 1.54) is 5.56 Å². The van der Waals surface area contributed by atoms with E-state index in [0.717, 1.165) is 12.2 Å². The first-order valence-corrected chi connectivity index (χ1v) is 5.60. The first kappa shape index (κ1) is 11.3. The maximum absolute atomic E-state index is 4.26. The van der Waals surface area contributed by atoms with E-state index >= 15 is 0 Å². The van der Waals surface area contributed by atoms with Crippen molar-refractivity contribution in [1.29, 1.82) is 0 Å². The molecule has 0 unspecified atom stereocenters. The van der Waals surface area contributed by atoms with Gasteiger partial charge in [0.25, 0.3) is 0 Å². The van der Waals surface area contributed by atoms with Gasteiger partial charge < -0.3 is 5.32 Å². The molecule has 0 aliphatic carbocycles. The molecule has 1 aromatic carbocycles. The normalized spacial score (nSPS) is 10.6. The van der Waals surface area contributed by atoms with Crippen LogP contribution in [0.2, 0.25) is 0 Å². The van der Waals surface area contributed by atoms with E-state index in [-0.39, 0.29) is 0 Å². The van der Waals surface area contributed by atoms with Crippen molar-refractivity contribution in [3.8, 4) is 0 Å². The molecule has 0 atom stereocenters. The average molecular weight is 225 g/mol. The topological polar surface area (TPSA) is 37.8 Å². The Morgan fingerprint density at radius 2 is 2.00 bits per heavy atom. The zero-order valence-corrected chi connectivity index (χ0v) is 9.80. The van der Waals surface area contributed by atoms with Crippen molar-refractivity contribution in [3.05, 3.63) is 59.9 Å². The van der Waals surface area contributed by atoms with Crippen LogP contribution in [-0.4, -0.2) is 16.5 Å². The highest BCUT2D eigenvalue weighted by atomic mass is 15.1. The molecule has 0 amide bonds. The zero-order chi connectivity index (χ0) is 11.9. The number of hydrogen-bond acceptors (Lipinski definition) is 3. The van der Waals surface area contributed by atoms with Crippen LogP contribution in [0.4, 0.5) is 5.95 Å². The predicted molar refractivity (Wildman–Crippen MR) is 70.7 cm³/mol. The Balaban J connectivity index is 1.86. The van der Waals surface area contributed by atoms with E-state index in [1.807, 2.05) is 31.2 Å². The first-order chi connectivity index (χ1) is 8.34. The number of aryl methyl sites for hydroxylation is 1. The molecule has 0 aliphatic rings. The maximum atomic E-state index is 4.26. The maximum Gasteiger partial charge on any atom is 0.223 e. The fraction of sp³-hybridized carbons (Fsp3) is 0.143. The quantitative estimate of drug-likeness (QED) is 0.869. The van der Waals surface area contributed by atoms with Gasteiger partial charge in [0.2, 0.25) is 5.95 Å². The minimum atomic E-state index is 0.669. The third-order valence-electron chi connectivity index (χ3n) is 2.28. The van der Waals surface area contributed by atoms with Crippen LogP contribution in [0.3, 0.4) is 0 Å². The van der Waals surface area contributed by atoms with Crippen LogP contribution in [-0.2, 0) is 0 Å². The van der Waals surface area contributed by atoms with Crippen LogP contribution in [0.1, 0.15) is 11.3 Å². The lowest BCUT2D eigenvalue weighted by atomic mass is 10.2. The highest BCUT2D eigenvalue weighted by Gasteiger charge is 1.92. The summed E-state index contributed by atoms with van der Waals surface area (Å²) in [6.45, 7) is 2.67. The molecule has 3 nitrogen and oxygen atoms in total. The standard InChI is InChI=1S/C14H15N3/c1-12-9-11-16-14(17-12)15-10-5-8-13-6-3-2-4-7-13/h2-9,11H,10H2,1H3,(H,15,16,17)/b8-5+. The molecular formula is C14H15N3. The van der Waals surface area contributed by atoms with Gasteiger partial charge in [-0.15, -0.1) is 0 Å². The lowest BCUT2D eigenvalue weighted by Crippen LogP contribution is -2.03. The highest BCUT2D eigenvalue weighted by molar-refractivity contribution is 5.49. The molecule has 0 saturated carbocycles. The molecule has 0 spiro atoms. The van der Waals surface area contributed by atoms with Crippen molar-refractivity contribution in [3.63, 3.8) is 0 Å². The summed E-state index contributed by atoms with van der Waals surface area (Å²) in [5, 5.41) is 3.15. The molecule has 17 heavy (non-hydrogen) atoms. The lowest BCUT2D eigenvalue weighted by Gasteiger charge is -2.01. The van der Waals surface area contributed by atoms with Crippen LogP contribution >= 0.6 is 0 Å². The van der Waals surface area contributed by atoms with Crippen molar-refractivity contribution in [2.75, 3.05) is 11.9 Å². The number of anilines is 1. The molecule has 0 aliphatic heterocycles. The summed E-state index contributed by atoms with van der Waals surface area (Å²) in [4.78, 5) is 8.39. The Morgan fingerprint density at radius 3 is 2.76 bits per heavy atom. The molecule has 2 aromatic rings. The van der Waals surface area contributed by atoms with Crippen molar-refractivity contribution < 1.29 is 0 Å². The number of rotatable bonds is 4. The predicted octanol–water partition coefficient (Wildman–Crippen LogP) is 2.91. The molecule has 1 N–H and O–H groups in total. The van der Waals surface area contributed by atoms with Gasteiger partial charge in [-0.2, -0.15) is 0 Å². The summed E-state index contributed by atoms with van der Waals surface area (Å²) in [6, 6.07) is 12.1. The Bertz CT molecular complexity index is 492. The van der Waals surface area contributed by atoms with Gasteiger partial charge >= 0.3 is 0 Å². The summed E-state index contributed by atoms with van der Waals surface area (Å²) >= 11 is 0. The lowest BCUT2D eigenvalue weighted by molar-refractivity contribution is 1.08. The Kier molecular flexibility index (Phi) is 3.86. The van der Waals surface area contributed by atoms with Gasteiger partial charge in [0.05, 0.1) is 0 Å². The summed E-state index contributed by atoms with van der Waals surface area (Å²) in [5.41, 5.74) is 2.16. The largest absolute Gasteiger partial charge is 0.351 e. The van der Waals surface area contributed by atoms with E-state index in [9.17, 15) is 0 Å². The van der Waals surface area contributed by atoms with Gasteiger partial charge in [-0.3, -0.25) is 0 Å². The molecule has 1 heterocycles. The monoisotopic (exact) mass is 225 g/mol. The van der Waals surface area contributed by atoms with Crippen LogP contribution in [0.5, 0.6) is 0 Å². The Morgan fingerprint density at radius 1 is 1.18 bits per heavy atom. The molecule has 0 saturated heterocycles. The number of hydrogen-bond donors (Lipinski definition) is 1. The number of nitrogens with zero attached hydrogens (tertiary/aromatic N) is 2. The molecular weight excluding hydrogens is 210 g/mol. The first-order valence-electron chi connectivity index (χ1n) is 5.60. The number of benzene rings is 1. The summed E-state index contributed by atoms with van der Waals surface area (Å²) in [6.07, 6.45) is 5.88. The van der Waals surface area contributed by atoms with Gasteiger partial charge in [-0.05, 0) is 18.6 Å².